The molecule has 26 heavy (non-hydrogen) atoms. The molecule has 1 atom stereocenters. The first-order valence-corrected chi connectivity index (χ1v) is 8.27. The third kappa shape index (κ3) is 3.44. The van der Waals surface area contributed by atoms with Crippen LogP contribution in [0.2, 0.25) is 0 Å². The standard InChI is InChI=1S/C18H20F2N4O2/c1-18(2)15(12-6-4-3-5-7-12)21-17(26)24(16(18)25)10-13-8-9-23(22-13)11-14(19)20/h3-9,14-15H,10-11H2,1-2H3,(H,21,26). The van der Waals surface area contributed by atoms with Crippen molar-refractivity contribution in [2.75, 3.05) is 0 Å². The number of carbonyl (C=O) groups is 2. The molecule has 2 heterocycles. The van der Waals surface area contributed by atoms with Gasteiger partial charge in [0.25, 0.3) is 6.43 Å². The number of rotatable bonds is 5. The maximum absolute atomic E-state index is 12.9. The number of hydrogen-bond acceptors (Lipinski definition) is 3. The molecule has 3 amide bonds. The van der Waals surface area contributed by atoms with E-state index in [1.54, 1.807) is 13.8 Å². The molecular formula is C18H20F2N4O2. The minimum Gasteiger partial charge on any atom is -0.330 e. The molecule has 8 heteroatoms. The van der Waals surface area contributed by atoms with Gasteiger partial charge in [-0.3, -0.25) is 14.4 Å². The fourth-order valence-electron chi connectivity index (χ4n) is 3.13. The first-order valence-electron chi connectivity index (χ1n) is 8.27. The molecule has 1 unspecified atom stereocenters. The number of benzene rings is 1. The van der Waals surface area contributed by atoms with Crippen LogP contribution < -0.4 is 5.32 Å². The Morgan fingerprint density at radius 2 is 1.88 bits per heavy atom. The molecule has 2 aromatic rings. The second-order valence-corrected chi connectivity index (χ2v) is 6.83. The van der Waals surface area contributed by atoms with Gasteiger partial charge in [0.05, 0.1) is 23.7 Å². The van der Waals surface area contributed by atoms with Crippen molar-refractivity contribution in [1.29, 1.82) is 0 Å². The van der Waals surface area contributed by atoms with Crippen LogP contribution in [0.4, 0.5) is 13.6 Å². The molecule has 1 aromatic heterocycles. The lowest BCUT2D eigenvalue weighted by Gasteiger charge is -2.42. The zero-order valence-electron chi connectivity index (χ0n) is 14.5. The molecular weight excluding hydrogens is 342 g/mol. The van der Waals surface area contributed by atoms with E-state index in [1.807, 2.05) is 30.3 Å². The summed E-state index contributed by atoms with van der Waals surface area (Å²) in [6.07, 6.45) is -1.11. The maximum atomic E-state index is 12.9. The molecule has 1 aliphatic heterocycles. The SMILES string of the molecule is CC1(C)C(=O)N(Cc2ccn(CC(F)F)n2)C(=O)NC1c1ccccc1. The van der Waals surface area contributed by atoms with Crippen LogP contribution in [0.5, 0.6) is 0 Å². The number of halogens is 2. The third-order valence-electron chi connectivity index (χ3n) is 4.50. The van der Waals surface area contributed by atoms with E-state index in [9.17, 15) is 18.4 Å². The maximum Gasteiger partial charge on any atom is 0.324 e. The van der Waals surface area contributed by atoms with Gasteiger partial charge in [0.2, 0.25) is 5.91 Å². The summed E-state index contributed by atoms with van der Waals surface area (Å²) in [4.78, 5) is 26.5. The molecule has 0 bridgehead atoms. The summed E-state index contributed by atoms with van der Waals surface area (Å²) in [7, 11) is 0. The fourth-order valence-corrected chi connectivity index (χ4v) is 3.13. The van der Waals surface area contributed by atoms with Crippen LogP contribution in [0.1, 0.15) is 31.1 Å². The highest BCUT2D eigenvalue weighted by molar-refractivity contribution is 6.00. The van der Waals surface area contributed by atoms with E-state index in [4.69, 9.17) is 0 Å². The van der Waals surface area contributed by atoms with Gasteiger partial charge in [-0.15, -0.1) is 0 Å². The van der Waals surface area contributed by atoms with Crippen LogP contribution in [-0.2, 0) is 17.9 Å². The molecule has 0 radical (unpaired) electrons. The van der Waals surface area contributed by atoms with Gasteiger partial charge >= 0.3 is 6.03 Å². The summed E-state index contributed by atoms with van der Waals surface area (Å²) in [5, 5.41) is 6.88. The number of hydrogen-bond donors (Lipinski definition) is 1. The summed E-state index contributed by atoms with van der Waals surface area (Å²) >= 11 is 0. The number of urea groups is 1. The predicted octanol–water partition coefficient (Wildman–Crippen LogP) is 2.97. The molecule has 6 nitrogen and oxygen atoms in total. The van der Waals surface area contributed by atoms with Gasteiger partial charge in [-0.2, -0.15) is 5.10 Å². The lowest BCUT2D eigenvalue weighted by Crippen LogP contribution is -2.59. The summed E-state index contributed by atoms with van der Waals surface area (Å²) in [5.41, 5.74) is 0.365. The van der Waals surface area contributed by atoms with Crippen molar-refractivity contribution in [3.63, 3.8) is 0 Å². The summed E-state index contributed by atoms with van der Waals surface area (Å²) in [5.74, 6) is -0.335. The van der Waals surface area contributed by atoms with E-state index in [1.165, 1.54) is 12.3 Å². The molecule has 1 saturated heterocycles. The zero-order valence-corrected chi connectivity index (χ0v) is 14.5. The molecule has 0 aliphatic carbocycles. The number of alkyl halides is 2. The van der Waals surface area contributed by atoms with Crippen LogP contribution in [0.3, 0.4) is 0 Å². The average molecular weight is 362 g/mol. The van der Waals surface area contributed by atoms with Crippen LogP contribution in [0.15, 0.2) is 42.6 Å². The highest BCUT2D eigenvalue weighted by Gasteiger charge is 2.47. The van der Waals surface area contributed by atoms with Gasteiger partial charge in [-0.1, -0.05) is 30.3 Å². The van der Waals surface area contributed by atoms with Crippen molar-refractivity contribution in [2.45, 2.75) is 39.4 Å². The zero-order chi connectivity index (χ0) is 18.9. The highest BCUT2D eigenvalue weighted by Crippen LogP contribution is 2.38. The Hall–Kier alpha value is -2.77. The Morgan fingerprint density at radius 1 is 1.19 bits per heavy atom. The Bertz CT molecular complexity index is 805. The van der Waals surface area contributed by atoms with E-state index in [0.717, 1.165) is 15.1 Å². The topological polar surface area (TPSA) is 67.2 Å². The van der Waals surface area contributed by atoms with Gasteiger partial charge in [0, 0.05) is 6.20 Å². The Morgan fingerprint density at radius 3 is 2.54 bits per heavy atom. The van der Waals surface area contributed by atoms with Gasteiger partial charge in [-0.05, 0) is 25.5 Å². The summed E-state index contributed by atoms with van der Waals surface area (Å²) in [6, 6.07) is 9.85. The summed E-state index contributed by atoms with van der Waals surface area (Å²) < 4.78 is 26.0. The molecule has 1 N–H and O–H groups in total. The van der Waals surface area contributed by atoms with Crippen LogP contribution in [0, 0.1) is 5.41 Å². The highest BCUT2D eigenvalue weighted by atomic mass is 19.3. The number of aromatic nitrogens is 2. The Kier molecular flexibility index (Phi) is 4.76. The van der Waals surface area contributed by atoms with Gasteiger partial charge in [-0.25, -0.2) is 13.6 Å². The molecule has 3 rings (SSSR count). The smallest absolute Gasteiger partial charge is 0.324 e. The quantitative estimate of drug-likeness (QED) is 0.889. The number of carbonyl (C=O) groups excluding carboxylic acids is 2. The third-order valence-corrected chi connectivity index (χ3v) is 4.50. The molecule has 1 aliphatic rings. The minimum absolute atomic E-state index is 0.0636. The average Bonchev–Trinajstić information content (AvgIpc) is 3.02. The Balaban J connectivity index is 1.79. The normalized spacial score (nSPS) is 19.7. The van der Waals surface area contributed by atoms with Crippen LogP contribution in [0.25, 0.3) is 0 Å². The van der Waals surface area contributed by atoms with Crippen molar-refractivity contribution in [3.8, 4) is 0 Å². The largest absolute Gasteiger partial charge is 0.330 e. The van der Waals surface area contributed by atoms with E-state index in [2.05, 4.69) is 10.4 Å². The number of amides is 3. The summed E-state index contributed by atoms with van der Waals surface area (Å²) in [6.45, 7) is 2.96. The second kappa shape index (κ2) is 6.86. The van der Waals surface area contributed by atoms with E-state index in [0.29, 0.717) is 5.69 Å². The second-order valence-electron chi connectivity index (χ2n) is 6.83. The fraction of sp³-hybridized carbons (Fsp3) is 0.389. The van der Waals surface area contributed by atoms with Crippen molar-refractivity contribution < 1.29 is 18.4 Å². The molecule has 1 fully saturated rings. The molecule has 1 aromatic carbocycles. The van der Waals surface area contributed by atoms with Gasteiger partial charge < -0.3 is 5.32 Å². The lowest BCUT2D eigenvalue weighted by molar-refractivity contribution is -0.142. The van der Waals surface area contributed by atoms with Crippen LogP contribution >= 0.6 is 0 Å². The number of imide groups is 1. The first kappa shape index (κ1) is 18.0. The number of nitrogens with one attached hydrogen (secondary N) is 1. The van der Waals surface area contributed by atoms with Crippen molar-refractivity contribution in [2.24, 2.45) is 5.41 Å². The predicted molar refractivity (Wildman–Crippen MR) is 90.3 cm³/mol. The van der Waals surface area contributed by atoms with E-state index < -0.39 is 30.5 Å². The Labute approximate surface area is 149 Å². The van der Waals surface area contributed by atoms with E-state index >= 15 is 0 Å². The minimum atomic E-state index is -2.52. The van der Waals surface area contributed by atoms with E-state index in [-0.39, 0.29) is 12.5 Å². The van der Waals surface area contributed by atoms with Crippen molar-refractivity contribution in [1.82, 2.24) is 20.0 Å². The molecule has 138 valence electrons. The number of nitrogens with zero attached hydrogens (tertiary/aromatic N) is 3. The monoisotopic (exact) mass is 362 g/mol. The molecule has 0 spiro atoms. The van der Waals surface area contributed by atoms with Gasteiger partial charge in [0.1, 0.15) is 6.54 Å². The first-order chi connectivity index (χ1) is 12.3. The van der Waals surface area contributed by atoms with Crippen molar-refractivity contribution in [3.05, 3.63) is 53.9 Å². The van der Waals surface area contributed by atoms with Crippen molar-refractivity contribution >= 4 is 11.9 Å². The lowest BCUT2D eigenvalue weighted by atomic mass is 9.77. The van der Waals surface area contributed by atoms with Crippen LogP contribution in [-0.4, -0.2) is 33.0 Å². The molecule has 0 saturated carbocycles. The van der Waals surface area contributed by atoms with Gasteiger partial charge in [0.15, 0.2) is 0 Å².